The van der Waals surface area contributed by atoms with Gasteiger partial charge in [-0.3, -0.25) is 9.78 Å². The number of sulfonamides is 1. The lowest BCUT2D eigenvalue weighted by Crippen LogP contribution is -2.46. The number of piperazine rings is 1. The maximum absolute atomic E-state index is 13.0. The summed E-state index contributed by atoms with van der Waals surface area (Å²) in [5.41, 5.74) is 3.25. The van der Waals surface area contributed by atoms with Gasteiger partial charge < -0.3 is 15.2 Å². The molecule has 1 amide bonds. The summed E-state index contributed by atoms with van der Waals surface area (Å²) in [6.45, 7) is 2.41. The minimum absolute atomic E-state index is 0.271. The smallest absolute Gasteiger partial charge is 0.257 e. The van der Waals surface area contributed by atoms with Crippen LogP contribution in [-0.2, 0) is 10.0 Å². The fourth-order valence-corrected chi connectivity index (χ4v) is 5.40. The molecular formula is C24H24N6O3S. The van der Waals surface area contributed by atoms with Crippen molar-refractivity contribution in [3.05, 3.63) is 72.8 Å². The van der Waals surface area contributed by atoms with Crippen molar-refractivity contribution in [1.29, 1.82) is 0 Å². The number of rotatable bonds is 5. The van der Waals surface area contributed by atoms with Gasteiger partial charge in [0.2, 0.25) is 10.0 Å². The summed E-state index contributed by atoms with van der Waals surface area (Å²) in [5, 5.41) is 3.50. The molecule has 1 saturated heterocycles. The molecule has 10 heteroatoms. The Kier molecular flexibility index (Phi) is 5.86. The van der Waals surface area contributed by atoms with Crippen molar-refractivity contribution in [2.45, 2.75) is 4.90 Å². The zero-order valence-electron chi connectivity index (χ0n) is 18.6. The Bertz CT molecular complexity index is 1430. The molecule has 1 aromatic carbocycles. The van der Waals surface area contributed by atoms with Crippen molar-refractivity contribution in [3.63, 3.8) is 0 Å². The summed E-state index contributed by atoms with van der Waals surface area (Å²) in [6.07, 6.45) is 6.54. The van der Waals surface area contributed by atoms with Crippen LogP contribution in [0, 0.1) is 0 Å². The largest absolute Gasteiger partial charge is 0.345 e. The molecule has 0 unspecified atom stereocenters. The first-order valence-electron chi connectivity index (χ1n) is 10.9. The highest BCUT2D eigenvalue weighted by atomic mass is 32.2. The van der Waals surface area contributed by atoms with Gasteiger partial charge in [0.15, 0.2) is 0 Å². The number of carbonyl (C=O) groups is 1. The van der Waals surface area contributed by atoms with Crippen molar-refractivity contribution >= 4 is 32.7 Å². The number of hydrogen-bond donors (Lipinski definition) is 2. The monoisotopic (exact) mass is 476 g/mol. The molecule has 2 N–H and O–H groups in total. The summed E-state index contributed by atoms with van der Waals surface area (Å²) in [4.78, 5) is 26.7. The van der Waals surface area contributed by atoms with Gasteiger partial charge in [0.05, 0.1) is 22.3 Å². The Hall–Kier alpha value is -3.60. The number of aromatic nitrogens is 3. The molecule has 5 rings (SSSR count). The van der Waals surface area contributed by atoms with Gasteiger partial charge >= 0.3 is 0 Å². The number of benzene rings is 1. The molecule has 1 aliphatic heterocycles. The number of fused-ring (bicyclic) bond motifs is 1. The molecule has 0 aliphatic carbocycles. The normalized spacial score (nSPS) is 15.4. The summed E-state index contributed by atoms with van der Waals surface area (Å²) in [5.74, 6) is -0.271. The second-order valence-corrected chi connectivity index (χ2v) is 10.2. The van der Waals surface area contributed by atoms with Gasteiger partial charge in [-0.15, -0.1) is 0 Å². The average molecular weight is 477 g/mol. The maximum atomic E-state index is 13.0. The van der Waals surface area contributed by atoms with Crippen molar-refractivity contribution in [1.82, 2.24) is 24.2 Å². The van der Waals surface area contributed by atoms with E-state index in [1.54, 1.807) is 61.2 Å². The Morgan fingerprint density at radius 2 is 1.79 bits per heavy atom. The minimum Gasteiger partial charge on any atom is -0.345 e. The van der Waals surface area contributed by atoms with E-state index >= 15 is 0 Å². The fourth-order valence-electron chi connectivity index (χ4n) is 3.98. The molecule has 1 aliphatic rings. The standard InChI is InChI=1S/C24H24N6O3S/c1-29-9-11-30(12-10-29)34(32,33)20-6-4-17(5-7-20)18-13-21-22(16-27-23(21)26-14-18)24(31)28-19-3-2-8-25-15-19/h2-8,13-16H,9-12H2,1H3,(H,26,27)(H,28,31). The third-order valence-corrected chi connectivity index (χ3v) is 7.90. The van der Waals surface area contributed by atoms with Gasteiger partial charge in [-0.1, -0.05) is 12.1 Å². The third kappa shape index (κ3) is 4.30. The van der Waals surface area contributed by atoms with Gasteiger partial charge in [0.25, 0.3) is 5.91 Å². The van der Waals surface area contributed by atoms with E-state index < -0.39 is 10.0 Å². The summed E-state index contributed by atoms with van der Waals surface area (Å²) in [7, 11) is -1.54. The van der Waals surface area contributed by atoms with E-state index in [0.717, 1.165) is 24.2 Å². The molecule has 0 bridgehead atoms. The molecule has 0 spiro atoms. The van der Waals surface area contributed by atoms with E-state index in [-0.39, 0.29) is 10.8 Å². The molecule has 0 atom stereocenters. The fraction of sp³-hybridized carbons (Fsp3) is 0.208. The molecule has 0 radical (unpaired) electrons. The van der Waals surface area contributed by atoms with E-state index in [0.29, 0.717) is 35.4 Å². The van der Waals surface area contributed by atoms with Crippen LogP contribution >= 0.6 is 0 Å². The van der Waals surface area contributed by atoms with Crippen LogP contribution in [0.5, 0.6) is 0 Å². The first kappa shape index (κ1) is 22.2. The molecule has 4 aromatic rings. The van der Waals surface area contributed by atoms with Crippen molar-refractivity contribution < 1.29 is 13.2 Å². The highest BCUT2D eigenvalue weighted by Crippen LogP contribution is 2.27. The summed E-state index contributed by atoms with van der Waals surface area (Å²) >= 11 is 0. The van der Waals surface area contributed by atoms with E-state index in [1.165, 1.54) is 4.31 Å². The lowest BCUT2D eigenvalue weighted by molar-refractivity contribution is 0.102. The van der Waals surface area contributed by atoms with Gasteiger partial charge in [-0.2, -0.15) is 4.31 Å². The molecular weight excluding hydrogens is 452 g/mol. The van der Waals surface area contributed by atoms with Gasteiger partial charge in [0, 0.05) is 55.7 Å². The number of nitrogens with one attached hydrogen (secondary N) is 2. The molecule has 4 heterocycles. The van der Waals surface area contributed by atoms with Crippen LogP contribution < -0.4 is 5.32 Å². The quantitative estimate of drug-likeness (QED) is 0.458. The van der Waals surface area contributed by atoms with Gasteiger partial charge in [-0.25, -0.2) is 13.4 Å². The van der Waals surface area contributed by atoms with Crippen LogP contribution in [0.15, 0.2) is 72.1 Å². The molecule has 174 valence electrons. The number of likely N-dealkylation sites (N-methyl/N-ethyl adjacent to an activating group) is 1. The van der Waals surface area contributed by atoms with Gasteiger partial charge in [-0.05, 0) is 42.9 Å². The van der Waals surface area contributed by atoms with Crippen molar-refractivity contribution in [2.75, 3.05) is 38.5 Å². The SMILES string of the molecule is CN1CCN(S(=O)(=O)c2ccc(-c3cnc4[nH]cc(C(=O)Nc5cccnc5)c4c3)cc2)CC1. The molecule has 3 aromatic heterocycles. The number of pyridine rings is 2. The molecule has 9 nitrogen and oxygen atoms in total. The zero-order chi connectivity index (χ0) is 23.7. The average Bonchev–Trinajstić information content (AvgIpc) is 3.28. The number of aromatic amines is 1. The predicted molar refractivity (Wildman–Crippen MR) is 130 cm³/mol. The Labute approximate surface area is 197 Å². The zero-order valence-corrected chi connectivity index (χ0v) is 19.4. The molecule has 34 heavy (non-hydrogen) atoms. The lowest BCUT2D eigenvalue weighted by Gasteiger charge is -2.31. The minimum atomic E-state index is -3.53. The highest BCUT2D eigenvalue weighted by Gasteiger charge is 2.27. The number of carbonyl (C=O) groups excluding carboxylic acids is 1. The van der Waals surface area contributed by atoms with E-state index in [2.05, 4.69) is 25.2 Å². The van der Waals surface area contributed by atoms with Crippen LogP contribution in [0.3, 0.4) is 0 Å². The van der Waals surface area contributed by atoms with Crippen LogP contribution in [0.1, 0.15) is 10.4 Å². The Morgan fingerprint density at radius 3 is 2.50 bits per heavy atom. The first-order valence-corrected chi connectivity index (χ1v) is 12.3. The van der Waals surface area contributed by atoms with Crippen LogP contribution in [0.25, 0.3) is 22.2 Å². The summed E-state index contributed by atoms with van der Waals surface area (Å²) in [6, 6.07) is 12.2. The second-order valence-electron chi connectivity index (χ2n) is 8.25. The topological polar surface area (TPSA) is 111 Å². The van der Waals surface area contributed by atoms with Crippen LogP contribution in [0.4, 0.5) is 5.69 Å². The van der Waals surface area contributed by atoms with Crippen molar-refractivity contribution in [3.8, 4) is 11.1 Å². The number of hydrogen-bond acceptors (Lipinski definition) is 6. The summed E-state index contributed by atoms with van der Waals surface area (Å²) < 4.78 is 27.5. The number of nitrogens with zero attached hydrogens (tertiary/aromatic N) is 4. The molecule has 1 fully saturated rings. The molecule has 0 saturated carbocycles. The van der Waals surface area contributed by atoms with E-state index in [1.807, 2.05) is 13.1 Å². The predicted octanol–water partition coefficient (Wildman–Crippen LogP) is 2.81. The van der Waals surface area contributed by atoms with Crippen LogP contribution in [-0.4, -0.2) is 71.7 Å². The lowest BCUT2D eigenvalue weighted by atomic mass is 10.1. The highest BCUT2D eigenvalue weighted by molar-refractivity contribution is 7.89. The number of anilines is 1. The maximum Gasteiger partial charge on any atom is 0.257 e. The first-order chi connectivity index (χ1) is 16.4. The van der Waals surface area contributed by atoms with Gasteiger partial charge in [0.1, 0.15) is 5.65 Å². The van der Waals surface area contributed by atoms with Crippen molar-refractivity contribution in [2.24, 2.45) is 0 Å². The Morgan fingerprint density at radius 1 is 1.03 bits per heavy atom. The number of amides is 1. The number of H-pyrrole nitrogens is 1. The Balaban J connectivity index is 1.40. The van der Waals surface area contributed by atoms with Crippen LogP contribution in [0.2, 0.25) is 0 Å². The second kappa shape index (κ2) is 8.98. The third-order valence-electron chi connectivity index (χ3n) is 5.98. The van der Waals surface area contributed by atoms with E-state index in [4.69, 9.17) is 0 Å². The van der Waals surface area contributed by atoms with E-state index in [9.17, 15) is 13.2 Å².